The summed E-state index contributed by atoms with van der Waals surface area (Å²) >= 11 is 1.57. The first kappa shape index (κ1) is 16.0. The maximum absolute atomic E-state index is 12.4. The molecule has 1 aliphatic rings. The number of likely N-dealkylation sites (tertiary alicyclic amines) is 1. The normalized spacial score (nSPS) is 17.4. The molecule has 6 heteroatoms. The Morgan fingerprint density at radius 3 is 3.00 bits per heavy atom. The largest absolute Gasteiger partial charge is 0.337 e. The smallest absolute Gasteiger partial charge is 0.249 e. The Bertz CT molecular complexity index is 901. The van der Waals surface area contributed by atoms with Crippen molar-refractivity contribution >= 4 is 17.2 Å². The molecule has 3 aromatic rings. The lowest BCUT2D eigenvalue weighted by atomic mass is 10.0. The van der Waals surface area contributed by atoms with Crippen LogP contribution >= 0.6 is 11.3 Å². The Morgan fingerprint density at radius 2 is 2.20 bits per heavy atom. The van der Waals surface area contributed by atoms with Gasteiger partial charge in [0.05, 0.1) is 4.88 Å². The van der Waals surface area contributed by atoms with E-state index in [1.54, 1.807) is 11.3 Å². The number of aryl methyl sites for hydroxylation is 2. The second-order valence-electron chi connectivity index (χ2n) is 6.44. The molecule has 1 atom stereocenters. The summed E-state index contributed by atoms with van der Waals surface area (Å²) in [6, 6.07) is 10.1. The van der Waals surface area contributed by atoms with Crippen molar-refractivity contribution in [2.45, 2.75) is 39.3 Å². The molecule has 1 aromatic carbocycles. The summed E-state index contributed by atoms with van der Waals surface area (Å²) in [5.41, 5.74) is 3.55. The predicted molar refractivity (Wildman–Crippen MR) is 96.1 cm³/mol. The van der Waals surface area contributed by atoms with E-state index in [0.717, 1.165) is 11.3 Å². The molecule has 1 unspecified atom stereocenters. The van der Waals surface area contributed by atoms with Crippen LogP contribution in [0.5, 0.6) is 0 Å². The van der Waals surface area contributed by atoms with Gasteiger partial charge in [-0.2, -0.15) is 4.98 Å². The zero-order valence-corrected chi connectivity index (χ0v) is 15.0. The third-order valence-corrected chi connectivity index (χ3v) is 5.51. The van der Waals surface area contributed by atoms with E-state index in [2.05, 4.69) is 42.2 Å². The van der Waals surface area contributed by atoms with Gasteiger partial charge in [0.1, 0.15) is 6.04 Å². The minimum Gasteiger partial charge on any atom is -0.337 e. The summed E-state index contributed by atoms with van der Waals surface area (Å²) in [5, 5.41) is 6.07. The van der Waals surface area contributed by atoms with Gasteiger partial charge in [-0.05, 0) is 42.8 Å². The summed E-state index contributed by atoms with van der Waals surface area (Å²) in [5.74, 6) is 1.26. The van der Waals surface area contributed by atoms with Crippen molar-refractivity contribution in [3.63, 3.8) is 0 Å². The molecule has 1 fully saturated rings. The highest BCUT2D eigenvalue weighted by Gasteiger charge is 2.36. The summed E-state index contributed by atoms with van der Waals surface area (Å²) in [7, 11) is 0. The van der Waals surface area contributed by atoms with Crippen molar-refractivity contribution in [2.24, 2.45) is 0 Å². The van der Waals surface area contributed by atoms with Gasteiger partial charge < -0.3 is 9.42 Å². The first-order chi connectivity index (χ1) is 12.1. The van der Waals surface area contributed by atoms with Gasteiger partial charge in [-0.3, -0.25) is 4.79 Å². The fourth-order valence-electron chi connectivity index (χ4n) is 3.22. The molecule has 128 valence electrons. The number of benzene rings is 1. The predicted octanol–water partition coefficient (Wildman–Crippen LogP) is 4.28. The van der Waals surface area contributed by atoms with Crippen LogP contribution in [0, 0.1) is 13.8 Å². The third kappa shape index (κ3) is 3.09. The van der Waals surface area contributed by atoms with E-state index >= 15 is 0 Å². The van der Waals surface area contributed by atoms with Crippen LogP contribution in [-0.4, -0.2) is 20.9 Å². The fourth-order valence-corrected chi connectivity index (χ4v) is 3.87. The van der Waals surface area contributed by atoms with E-state index in [9.17, 15) is 4.79 Å². The van der Waals surface area contributed by atoms with Crippen LogP contribution in [0.2, 0.25) is 0 Å². The van der Waals surface area contributed by atoms with Crippen LogP contribution in [-0.2, 0) is 11.3 Å². The van der Waals surface area contributed by atoms with Crippen LogP contribution < -0.4 is 0 Å². The molecule has 2 aromatic heterocycles. The second kappa shape index (κ2) is 6.44. The lowest BCUT2D eigenvalue weighted by Gasteiger charge is -2.23. The Kier molecular flexibility index (Phi) is 4.13. The van der Waals surface area contributed by atoms with Gasteiger partial charge in [0, 0.05) is 13.0 Å². The highest BCUT2D eigenvalue weighted by molar-refractivity contribution is 7.13. The molecule has 5 nitrogen and oxygen atoms in total. The van der Waals surface area contributed by atoms with Gasteiger partial charge >= 0.3 is 0 Å². The summed E-state index contributed by atoms with van der Waals surface area (Å²) < 4.78 is 5.49. The monoisotopic (exact) mass is 353 g/mol. The average molecular weight is 353 g/mol. The SMILES string of the molecule is Cc1ccc(C)c(CN2C(=O)CCC2c2nc(-c3cccs3)no2)c1. The summed E-state index contributed by atoms with van der Waals surface area (Å²) in [4.78, 5) is 19.8. The van der Waals surface area contributed by atoms with Crippen molar-refractivity contribution < 1.29 is 9.32 Å². The Morgan fingerprint density at radius 1 is 1.32 bits per heavy atom. The van der Waals surface area contributed by atoms with Crippen molar-refractivity contribution in [1.29, 1.82) is 0 Å². The van der Waals surface area contributed by atoms with E-state index in [1.165, 1.54) is 16.7 Å². The van der Waals surface area contributed by atoms with E-state index in [0.29, 0.717) is 24.7 Å². The lowest BCUT2D eigenvalue weighted by molar-refractivity contribution is -0.130. The van der Waals surface area contributed by atoms with Crippen LogP contribution in [0.3, 0.4) is 0 Å². The van der Waals surface area contributed by atoms with Crippen molar-refractivity contribution in [3.05, 3.63) is 58.3 Å². The van der Waals surface area contributed by atoms with Crippen LogP contribution in [0.25, 0.3) is 10.7 Å². The fraction of sp³-hybridized carbons (Fsp3) is 0.316. The van der Waals surface area contributed by atoms with E-state index < -0.39 is 0 Å². The summed E-state index contributed by atoms with van der Waals surface area (Å²) in [6.45, 7) is 4.72. The van der Waals surface area contributed by atoms with Crippen LogP contribution in [0.1, 0.15) is 41.5 Å². The zero-order valence-electron chi connectivity index (χ0n) is 14.2. The molecule has 1 amide bonds. The number of hydrogen-bond acceptors (Lipinski definition) is 5. The summed E-state index contributed by atoms with van der Waals surface area (Å²) in [6.07, 6.45) is 1.24. The molecule has 25 heavy (non-hydrogen) atoms. The first-order valence-corrected chi connectivity index (χ1v) is 9.23. The van der Waals surface area contributed by atoms with Crippen molar-refractivity contribution in [2.75, 3.05) is 0 Å². The van der Waals surface area contributed by atoms with Gasteiger partial charge in [-0.15, -0.1) is 11.3 Å². The molecule has 1 aliphatic heterocycles. The average Bonchev–Trinajstić information content (AvgIpc) is 3.32. The second-order valence-corrected chi connectivity index (χ2v) is 7.39. The molecular formula is C19H19N3O2S. The van der Waals surface area contributed by atoms with E-state index in [4.69, 9.17) is 4.52 Å². The highest BCUT2D eigenvalue weighted by Crippen LogP contribution is 2.35. The number of aromatic nitrogens is 2. The quantitative estimate of drug-likeness (QED) is 0.702. The maximum atomic E-state index is 12.4. The van der Waals surface area contributed by atoms with Crippen molar-refractivity contribution in [3.8, 4) is 10.7 Å². The molecular weight excluding hydrogens is 334 g/mol. The number of thiophene rings is 1. The topological polar surface area (TPSA) is 59.2 Å². The van der Waals surface area contributed by atoms with Gasteiger partial charge in [-0.25, -0.2) is 0 Å². The molecule has 0 saturated carbocycles. The van der Waals surface area contributed by atoms with Gasteiger partial charge in [0.25, 0.3) is 0 Å². The Labute approximate surface area is 150 Å². The molecule has 0 radical (unpaired) electrons. The van der Waals surface area contributed by atoms with E-state index in [-0.39, 0.29) is 11.9 Å². The zero-order chi connectivity index (χ0) is 17.4. The number of amides is 1. The number of hydrogen-bond donors (Lipinski definition) is 0. The first-order valence-electron chi connectivity index (χ1n) is 8.35. The molecule has 0 aliphatic carbocycles. The highest BCUT2D eigenvalue weighted by atomic mass is 32.1. The molecule has 0 bridgehead atoms. The Hall–Kier alpha value is -2.47. The molecule has 0 N–H and O–H groups in total. The molecule has 3 heterocycles. The number of nitrogens with zero attached hydrogens (tertiary/aromatic N) is 3. The minimum absolute atomic E-state index is 0.141. The molecule has 0 spiro atoms. The van der Waals surface area contributed by atoms with Crippen molar-refractivity contribution in [1.82, 2.24) is 15.0 Å². The molecule has 1 saturated heterocycles. The third-order valence-electron chi connectivity index (χ3n) is 4.64. The van der Waals surface area contributed by atoms with Gasteiger partial charge in [-0.1, -0.05) is 35.0 Å². The Balaban J connectivity index is 1.61. The molecule has 4 rings (SSSR count). The lowest BCUT2D eigenvalue weighted by Crippen LogP contribution is -2.27. The van der Waals surface area contributed by atoms with Gasteiger partial charge in [0.15, 0.2) is 0 Å². The number of carbonyl (C=O) groups excluding carboxylic acids is 1. The van der Waals surface area contributed by atoms with Crippen LogP contribution in [0.15, 0.2) is 40.2 Å². The maximum Gasteiger partial charge on any atom is 0.249 e. The van der Waals surface area contributed by atoms with E-state index in [1.807, 2.05) is 22.4 Å². The van der Waals surface area contributed by atoms with Crippen LogP contribution in [0.4, 0.5) is 0 Å². The number of carbonyl (C=O) groups is 1. The standard InChI is InChI=1S/C19H19N3O2S/c1-12-5-6-13(2)14(10-12)11-22-15(7-8-17(22)23)19-20-18(21-24-19)16-4-3-9-25-16/h3-6,9-10,15H,7-8,11H2,1-2H3. The van der Waals surface area contributed by atoms with Gasteiger partial charge in [0.2, 0.25) is 17.6 Å². The number of rotatable bonds is 4. The minimum atomic E-state index is -0.145.